The maximum absolute atomic E-state index is 12.2. The van der Waals surface area contributed by atoms with Crippen LogP contribution >= 0.6 is 0 Å². The number of hydrogen-bond acceptors (Lipinski definition) is 2. The zero-order chi connectivity index (χ0) is 11.7. The van der Waals surface area contributed by atoms with Gasteiger partial charge >= 0.3 is 12.1 Å². The van der Waals surface area contributed by atoms with Crippen LogP contribution in [0.2, 0.25) is 0 Å². The van der Waals surface area contributed by atoms with Crippen LogP contribution in [0.25, 0.3) is 0 Å². The summed E-state index contributed by atoms with van der Waals surface area (Å²) in [5.41, 5.74) is -1.10. The molecular formula is C9H13F3O3. The molecule has 0 saturated heterocycles. The second-order valence-corrected chi connectivity index (χ2v) is 3.91. The van der Waals surface area contributed by atoms with Crippen LogP contribution in [0, 0.1) is 0 Å². The Morgan fingerprint density at radius 1 is 1.53 bits per heavy atom. The van der Waals surface area contributed by atoms with Gasteiger partial charge in [0.25, 0.3) is 0 Å². The molecule has 1 atom stereocenters. The second kappa shape index (κ2) is 4.00. The number of carbonyl (C=O) groups is 1. The number of rotatable bonds is 4. The molecule has 0 heterocycles. The van der Waals surface area contributed by atoms with Crippen molar-refractivity contribution in [1.29, 1.82) is 0 Å². The van der Waals surface area contributed by atoms with Crippen LogP contribution in [0.5, 0.6) is 0 Å². The third-order valence-corrected chi connectivity index (χ3v) is 2.63. The fourth-order valence-corrected chi connectivity index (χ4v) is 1.62. The number of aliphatic carboxylic acids is 1. The lowest BCUT2D eigenvalue weighted by Crippen LogP contribution is -2.47. The summed E-state index contributed by atoms with van der Waals surface area (Å²) >= 11 is 0. The molecule has 1 aliphatic carbocycles. The monoisotopic (exact) mass is 226 g/mol. The first-order valence-electron chi connectivity index (χ1n) is 4.71. The number of alkyl halides is 3. The Morgan fingerprint density at radius 2 is 2.07 bits per heavy atom. The SMILES string of the molecule is CC(OC1(CC(=O)O)CCC1)C(F)(F)F. The predicted molar refractivity (Wildman–Crippen MR) is 45.4 cm³/mol. The zero-order valence-electron chi connectivity index (χ0n) is 8.30. The summed E-state index contributed by atoms with van der Waals surface area (Å²) in [6.07, 6.45) is -5.19. The molecule has 0 spiro atoms. The Labute approximate surface area is 85.2 Å². The standard InChI is InChI=1S/C9H13F3O3/c1-6(9(10,11)12)15-8(3-2-4-8)5-7(13)14/h6H,2-5H2,1H3,(H,13,14). The van der Waals surface area contributed by atoms with Crippen molar-refractivity contribution in [1.82, 2.24) is 0 Å². The molecule has 0 aromatic heterocycles. The molecule has 6 heteroatoms. The van der Waals surface area contributed by atoms with Gasteiger partial charge in [-0.15, -0.1) is 0 Å². The van der Waals surface area contributed by atoms with E-state index in [4.69, 9.17) is 9.84 Å². The summed E-state index contributed by atoms with van der Waals surface area (Å²) < 4.78 is 41.5. The Kier molecular flexibility index (Phi) is 3.28. The van der Waals surface area contributed by atoms with Crippen LogP contribution in [0.1, 0.15) is 32.6 Å². The maximum Gasteiger partial charge on any atom is 0.414 e. The first-order chi connectivity index (χ1) is 6.75. The van der Waals surface area contributed by atoms with Gasteiger partial charge in [0, 0.05) is 0 Å². The largest absolute Gasteiger partial charge is 0.481 e. The Morgan fingerprint density at radius 3 is 2.33 bits per heavy atom. The minimum atomic E-state index is -4.43. The van der Waals surface area contributed by atoms with Crippen molar-refractivity contribution in [3.63, 3.8) is 0 Å². The molecule has 1 saturated carbocycles. The lowest BCUT2D eigenvalue weighted by Gasteiger charge is -2.42. The average molecular weight is 226 g/mol. The summed E-state index contributed by atoms with van der Waals surface area (Å²) in [5.74, 6) is -1.12. The molecule has 1 aliphatic rings. The quantitative estimate of drug-likeness (QED) is 0.800. The first-order valence-corrected chi connectivity index (χ1v) is 4.71. The van der Waals surface area contributed by atoms with Crippen molar-refractivity contribution in [3.8, 4) is 0 Å². The molecule has 0 bridgehead atoms. The maximum atomic E-state index is 12.2. The van der Waals surface area contributed by atoms with E-state index in [1.807, 2.05) is 0 Å². The van der Waals surface area contributed by atoms with Crippen molar-refractivity contribution >= 4 is 5.97 Å². The van der Waals surface area contributed by atoms with Crippen LogP contribution in [0.15, 0.2) is 0 Å². The van der Waals surface area contributed by atoms with E-state index in [1.165, 1.54) is 0 Å². The molecule has 15 heavy (non-hydrogen) atoms. The number of ether oxygens (including phenoxy) is 1. The fourth-order valence-electron chi connectivity index (χ4n) is 1.62. The van der Waals surface area contributed by atoms with Crippen LogP contribution in [-0.2, 0) is 9.53 Å². The van der Waals surface area contributed by atoms with Crippen LogP contribution in [-0.4, -0.2) is 29.0 Å². The summed E-state index contributed by atoms with van der Waals surface area (Å²) in [7, 11) is 0. The lowest BCUT2D eigenvalue weighted by molar-refractivity contribution is -0.262. The van der Waals surface area contributed by atoms with Crippen LogP contribution in [0.4, 0.5) is 13.2 Å². The third kappa shape index (κ3) is 3.09. The topological polar surface area (TPSA) is 46.5 Å². The molecule has 0 aliphatic heterocycles. The van der Waals surface area contributed by atoms with Gasteiger partial charge in [0.2, 0.25) is 0 Å². The van der Waals surface area contributed by atoms with E-state index in [2.05, 4.69) is 0 Å². The van der Waals surface area contributed by atoms with Gasteiger partial charge in [0.15, 0.2) is 6.10 Å². The van der Waals surface area contributed by atoms with Crippen molar-refractivity contribution in [2.24, 2.45) is 0 Å². The third-order valence-electron chi connectivity index (χ3n) is 2.63. The average Bonchev–Trinajstić information content (AvgIpc) is 1.97. The molecule has 1 rings (SSSR count). The van der Waals surface area contributed by atoms with Crippen molar-refractivity contribution in [2.75, 3.05) is 0 Å². The molecular weight excluding hydrogens is 213 g/mol. The molecule has 0 aromatic carbocycles. The molecule has 1 unspecified atom stereocenters. The van der Waals surface area contributed by atoms with Gasteiger partial charge in [0.05, 0.1) is 12.0 Å². The molecule has 1 fully saturated rings. The normalized spacial score (nSPS) is 21.9. The molecule has 0 radical (unpaired) electrons. The van der Waals surface area contributed by atoms with Crippen molar-refractivity contribution < 1.29 is 27.8 Å². The van der Waals surface area contributed by atoms with E-state index >= 15 is 0 Å². The van der Waals surface area contributed by atoms with Gasteiger partial charge in [-0.3, -0.25) is 4.79 Å². The Balaban J connectivity index is 2.57. The number of carboxylic acids is 1. The van der Waals surface area contributed by atoms with Crippen molar-refractivity contribution in [2.45, 2.75) is 50.5 Å². The van der Waals surface area contributed by atoms with Crippen molar-refractivity contribution in [3.05, 3.63) is 0 Å². The van der Waals surface area contributed by atoms with Crippen LogP contribution in [0.3, 0.4) is 0 Å². The van der Waals surface area contributed by atoms with E-state index < -0.39 is 23.9 Å². The van der Waals surface area contributed by atoms with E-state index in [0.717, 1.165) is 13.3 Å². The van der Waals surface area contributed by atoms with E-state index in [-0.39, 0.29) is 6.42 Å². The summed E-state index contributed by atoms with van der Waals surface area (Å²) in [5, 5.41) is 8.57. The molecule has 3 nitrogen and oxygen atoms in total. The number of hydrogen-bond donors (Lipinski definition) is 1. The van der Waals surface area contributed by atoms with E-state index in [1.54, 1.807) is 0 Å². The van der Waals surface area contributed by atoms with E-state index in [0.29, 0.717) is 12.8 Å². The predicted octanol–water partition coefficient (Wildman–Crippen LogP) is 2.35. The van der Waals surface area contributed by atoms with Gasteiger partial charge < -0.3 is 9.84 Å². The van der Waals surface area contributed by atoms with Gasteiger partial charge in [-0.25, -0.2) is 0 Å². The second-order valence-electron chi connectivity index (χ2n) is 3.91. The highest BCUT2D eigenvalue weighted by Gasteiger charge is 2.47. The zero-order valence-corrected chi connectivity index (χ0v) is 8.30. The van der Waals surface area contributed by atoms with Gasteiger partial charge in [-0.2, -0.15) is 13.2 Å². The van der Waals surface area contributed by atoms with Crippen LogP contribution < -0.4 is 0 Å². The number of carboxylic acid groups (broad SMARTS) is 1. The van der Waals surface area contributed by atoms with Gasteiger partial charge in [0.1, 0.15) is 0 Å². The molecule has 88 valence electrons. The highest BCUT2D eigenvalue weighted by Crippen LogP contribution is 2.41. The minimum Gasteiger partial charge on any atom is -0.481 e. The molecule has 0 aromatic rings. The van der Waals surface area contributed by atoms with Gasteiger partial charge in [-0.1, -0.05) is 0 Å². The van der Waals surface area contributed by atoms with Gasteiger partial charge in [-0.05, 0) is 26.2 Å². The Bertz CT molecular complexity index is 245. The highest BCUT2D eigenvalue weighted by molar-refractivity contribution is 5.68. The summed E-state index contributed by atoms with van der Waals surface area (Å²) in [6.45, 7) is 0.905. The molecule has 1 N–H and O–H groups in total. The smallest absolute Gasteiger partial charge is 0.414 e. The first kappa shape index (κ1) is 12.3. The summed E-state index contributed by atoms with van der Waals surface area (Å²) in [6, 6.07) is 0. The lowest BCUT2D eigenvalue weighted by atomic mass is 9.77. The van der Waals surface area contributed by atoms with E-state index in [9.17, 15) is 18.0 Å². The summed E-state index contributed by atoms with van der Waals surface area (Å²) in [4.78, 5) is 10.5. The highest BCUT2D eigenvalue weighted by atomic mass is 19.4. The molecule has 0 amide bonds. The minimum absolute atomic E-state index is 0.354. The fraction of sp³-hybridized carbons (Fsp3) is 0.889. The number of halogens is 3. The Hall–Kier alpha value is -0.780.